The Bertz CT molecular complexity index is 299. The van der Waals surface area contributed by atoms with Gasteiger partial charge in [0.05, 0.1) is 12.1 Å². The number of halogens is 1. The molecule has 0 unspecified atom stereocenters. The first-order chi connectivity index (χ1) is 6.02. The van der Waals surface area contributed by atoms with Crippen LogP contribution in [0.5, 0.6) is 0 Å². The molecule has 0 saturated heterocycles. The van der Waals surface area contributed by atoms with E-state index >= 15 is 0 Å². The van der Waals surface area contributed by atoms with Crippen LogP contribution in [0.3, 0.4) is 0 Å². The van der Waals surface area contributed by atoms with Gasteiger partial charge >= 0.3 is 0 Å². The predicted molar refractivity (Wildman–Crippen MR) is 54.8 cm³/mol. The smallest absolute Gasteiger partial charge is 0.0704 e. The van der Waals surface area contributed by atoms with E-state index in [0.717, 1.165) is 16.1 Å². The lowest BCUT2D eigenvalue weighted by molar-refractivity contribution is 0.164. The maximum Gasteiger partial charge on any atom is 0.0704 e. The normalized spacial score (nSPS) is 15.5. The summed E-state index contributed by atoms with van der Waals surface area (Å²) in [6.45, 7) is 3.59. The average molecular weight is 200 g/mol. The average Bonchev–Trinajstić information content (AvgIpc) is 2.08. The summed E-state index contributed by atoms with van der Waals surface area (Å²) in [5.74, 6) is 0. The van der Waals surface area contributed by atoms with Crippen molar-refractivity contribution in [3.8, 4) is 0 Å². The zero-order valence-electron chi connectivity index (χ0n) is 7.79. The Morgan fingerprint density at radius 1 is 1.46 bits per heavy atom. The fourth-order valence-corrected chi connectivity index (χ4v) is 1.27. The van der Waals surface area contributed by atoms with E-state index in [0.29, 0.717) is 0 Å². The van der Waals surface area contributed by atoms with Crippen molar-refractivity contribution in [1.82, 2.24) is 0 Å². The molecule has 0 aliphatic rings. The Morgan fingerprint density at radius 2 is 2.08 bits per heavy atom. The highest BCUT2D eigenvalue weighted by Crippen LogP contribution is 2.21. The molecular weight excluding hydrogens is 186 g/mol. The van der Waals surface area contributed by atoms with Crippen LogP contribution in [0.2, 0.25) is 5.02 Å². The van der Waals surface area contributed by atoms with E-state index in [2.05, 4.69) is 0 Å². The number of aliphatic hydroxyl groups is 1. The fraction of sp³-hybridized carbons (Fsp3) is 0.400. The van der Waals surface area contributed by atoms with Crippen LogP contribution in [-0.4, -0.2) is 11.2 Å². The summed E-state index contributed by atoms with van der Waals surface area (Å²) in [5.41, 5.74) is 7.66. The highest BCUT2D eigenvalue weighted by Gasteiger charge is 2.12. The van der Waals surface area contributed by atoms with Crippen molar-refractivity contribution in [2.45, 2.75) is 26.0 Å². The predicted octanol–water partition coefficient (Wildman–Crippen LogP) is 2.03. The highest BCUT2D eigenvalue weighted by molar-refractivity contribution is 6.31. The molecule has 3 heteroatoms. The summed E-state index contributed by atoms with van der Waals surface area (Å²) >= 11 is 5.86. The van der Waals surface area contributed by atoms with Gasteiger partial charge in [0.15, 0.2) is 0 Å². The molecular formula is C10H14ClNO. The zero-order chi connectivity index (χ0) is 10.0. The Morgan fingerprint density at radius 3 is 2.54 bits per heavy atom. The van der Waals surface area contributed by atoms with Crippen LogP contribution in [0.15, 0.2) is 18.2 Å². The van der Waals surface area contributed by atoms with Crippen molar-refractivity contribution in [2.75, 3.05) is 0 Å². The molecule has 3 N–H and O–H groups in total. The van der Waals surface area contributed by atoms with Crippen molar-refractivity contribution in [3.05, 3.63) is 34.3 Å². The quantitative estimate of drug-likeness (QED) is 0.766. The molecule has 0 fully saturated rings. The number of aliphatic hydroxyl groups excluding tert-OH is 1. The van der Waals surface area contributed by atoms with Gasteiger partial charge in [-0.3, -0.25) is 0 Å². The van der Waals surface area contributed by atoms with Crippen LogP contribution < -0.4 is 5.73 Å². The van der Waals surface area contributed by atoms with Crippen molar-refractivity contribution >= 4 is 11.6 Å². The molecule has 1 rings (SSSR count). The van der Waals surface area contributed by atoms with E-state index in [1.165, 1.54) is 0 Å². The van der Waals surface area contributed by atoms with Crippen LogP contribution in [0.1, 0.15) is 24.1 Å². The van der Waals surface area contributed by atoms with Crippen molar-refractivity contribution in [1.29, 1.82) is 0 Å². The van der Waals surface area contributed by atoms with E-state index < -0.39 is 6.10 Å². The molecule has 2 nitrogen and oxygen atoms in total. The van der Waals surface area contributed by atoms with Crippen LogP contribution in [0.4, 0.5) is 0 Å². The molecule has 2 atom stereocenters. The number of aryl methyl sites for hydroxylation is 1. The Kier molecular flexibility index (Phi) is 3.31. The van der Waals surface area contributed by atoms with Gasteiger partial charge in [0.2, 0.25) is 0 Å². The monoisotopic (exact) mass is 199 g/mol. The Labute approximate surface area is 83.3 Å². The highest BCUT2D eigenvalue weighted by atomic mass is 35.5. The van der Waals surface area contributed by atoms with Crippen LogP contribution in [-0.2, 0) is 0 Å². The van der Waals surface area contributed by atoms with Gasteiger partial charge in [0, 0.05) is 5.02 Å². The standard InChI is InChI=1S/C10H14ClNO/c1-6-5-8(3-4-9(6)11)10(12)7(2)13/h3-5,7,10,13H,12H2,1-2H3/t7-,10-/m1/s1. The van der Waals surface area contributed by atoms with Crippen LogP contribution in [0, 0.1) is 6.92 Å². The van der Waals surface area contributed by atoms with Gasteiger partial charge in [-0.25, -0.2) is 0 Å². The lowest BCUT2D eigenvalue weighted by atomic mass is 10.0. The molecule has 13 heavy (non-hydrogen) atoms. The molecule has 0 radical (unpaired) electrons. The van der Waals surface area contributed by atoms with Crippen molar-refractivity contribution in [3.63, 3.8) is 0 Å². The topological polar surface area (TPSA) is 46.2 Å². The second-order valence-electron chi connectivity index (χ2n) is 3.28. The minimum absolute atomic E-state index is 0.337. The van der Waals surface area contributed by atoms with Gasteiger partial charge in [-0.05, 0) is 31.0 Å². The third kappa shape index (κ3) is 2.44. The minimum Gasteiger partial charge on any atom is -0.391 e. The molecule has 0 aromatic heterocycles. The summed E-state index contributed by atoms with van der Waals surface area (Å²) in [7, 11) is 0. The molecule has 1 aromatic carbocycles. The summed E-state index contributed by atoms with van der Waals surface area (Å²) in [4.78, 5) is 0. The largest absolute Gasteiger partial charge is 0.391 e. The first kappa shape index (κ1) is 10.5. The third-order valence-corrected chi connectivity index (χ3v) is 2.51. The summed E-state index contributed by atoms with van der Waals surface area (Å²) < 4.78 is 0. The number of hydrogen-bond donors (Lipinski definition) is 2. The molecule has 1 aromatic rings. The van der Waals surface area contributed by atoms with E-state index in [4.69, 9.17) is 17.3 Å². The number of benzene rings is 1. The van der Waals surface area contributed by atoms with Crippen molar-refractivity contribution < 1.29 is 5.11 Å². The summed E-state index contributed by atoms with van der Waals surface area (Å²) in [6, 6.07) is 5.21. The summed E-state index contributed by atoms with van der Waals surface area (Å²) in [5, 5.41) is 10.0. The van der Waals surface area contributed by atoms with E-state index in [-0.39, 0.29) is 6.04 Å². The first-order valence-corrected chi connectivity index (χ1v) is 4.60. The van der Waals surface area contributed by atoms with Gasteiger partial charge in [-0.2, -0.15) is 0 Å². The van der Waals surface area contributed by atoms with Gasteiger partial charge < -0.3 is 10.8 Å². The number of rotatable bonds is 2. The van der Waals surface area contributed by atoms with E-state index in [1.54, 1.807) is 13.0 Å². The molecule has 0 heterocycles. The van der Waals surface area contributed by atoms with Crippen LogP contribution in [0.25, 0.3) is 0 Å². The first-order valence-electron chi connectivity index (χ1n) is 4.22. The maximum atomic E-state index is 9.28. The molecule has 0 bridgehead atoms. The van der Waals surface area contributed by atoms with Gasteiger partial charge in [-0.1, -0.05) is 23.7 Å². The lowest BCUT2D eigenvalue weighted by Gasteiger charge is -2.15. The van der Waals surface area contributed by atoms with Crippen molar-refractivity contribution in [2.24, 2.45) is 5.73 Å². The van der Waals surface area contributed by atoms with Crippen LogP contribution >= 0.6 is 11.6 Å². The lowest BCUT2D eigenvalue weighted by Crippen LogP contribution is -2.23. The Hall–Kier alpha value is -0.570. The fourth-order valence-electron chi connectivity index (χ4n) is 1.15. The molecule has 0 aliphatic heterocycles. The number of nitrogens with two attached hydrogens (primary N) is 1. The van der Waals surface area contributed by atoms with Gasteiger partial charge in [0.1, 0.15) is 0 Å². The SMILES string of the molecule is Cc1cc([C@H](N)[C@@H](C)O)ccc1Cl. The number of hydrogen-bond acceptors (Lipinski definition) is 2. The zero-order valence-corrected chi connectivity index (χ0v) is 8.55. The van der Waals surface area contributed by atoms with E-state index in [1.807, 2.05) is 19.1 Å². The second-order valence-corrected chi connectivity index (χ2v) is 3.68. The molecule has 0 spiro atoms. The van der Waals surface area contributed by atoms with Gasteiger partial charge in [0.25, 0.3) is 0 Å². The third-order valence-electron chi connectivity index (χ3n) is 2.09. The second kappa shape index (κ2) is 4.09. The van der Waals surface area contributed by atoms with Gasteiger partial charge in [-0.15, -0.1) is 0 Å². The van der Waals surface area contributed by atoms with E-state index in [9.17, 15) is 5.11 Å². The molecule has 72 valence electrons. The maximum absolute atomic E-state index is 9.28. The molecule has 0 saturated carbocycles. The minimum atomic E-state index is -0.541. The molecule has 0 aliphatic carbocycles. The molecule has 0 amide bonds. The Balaban J connectivity index is 2.97. The summed E-state index contributed by atoms with van der Waals surface area (Å²) in [6.07, 6.45) is -0.541.